The zero-order valence-electron chi connectivity index (χ0n) is 19.0. The van der Waals surface area contributed by atoms with Crippen LogP contribution >= 0.6 is 34.8 Å². The molecule has 1 aliphatic heterocycles. The van der Waals surface area contributed by atoms with Gasteiger partial charge in [0.2, 0.25) is 0 Å². The lowest BCUT2D eigenvalue weighted by Gasteiger charge is -2.24. The molecular formula is C25H26Cl3FN6. The Hall–Kier alpha value is -2.58. The van der Waals surface area contributed by atoms with E-state index >= 15 is 0 Å². The number of hydrogen-bond donors (Lipinski definition) is 3. The van der Waals surface area contributed by atoms with E-state index in [9.17, 15) is 4.39 Å². The Labute approximate surface area is 219 Å². The molecule has 35 heavy (non-hydrogen) atoms. The zero-order chi connectivity index (χ0) is 24.9. The van der Waals surface area contributed by atoms with Gasteiger partial charge in [-0.2, -0.15) is 0 Å². The molecule has 1 saturated heterocycles. The van der Waals surface area contributed by atoms with Gasteiger partial charge in [-0.25, -0.2) is 14.4 Å². The first-order valence-electron chi connectivity index (χ1n) is 11.3. The van der Waals surface area contributed by atoms with E-state index in [1.165, 1.54) is 12.3 Å². The van der Waals surface area contributed by atoms with E-state index in [1.54, 1.807) is 30.3 Å². The third-order valence-electron chi connectivity index (χ3n) is 5.90. The lowest BCUT2D eigenvalue weighted by molar-refractivity contribution is 0.340. The molecule has 0 spiro atoms. The Balaban J connectivity index is 1.58. The first kappa shape index (κ1) is 25.5. The topological polar surface area (TPSA) is 80.3 Å². The summed E-state index contributed by atoms with van der Waals surface area (Å²) in [5.74, 6) is 1.38. The highest BCUT2D eigenvalue weighted by Gasteiger charge is 2.23. The largest absolute Gasteiger partial charge is 0.383 e. The second kappa shape index (κ2) is 11.4. The summed E-state index contributed by atoms with van der Waals surface area (Å²) in [6, 6.07) is 9.84. The number of halogens is 4. The number of nitrogens with one attached hydrogen (secondary N) is 2. The van der Waals surface area contributed by atoms with Crippen molar-refractivity contribution in [3.63, 3.8) is 0 Å². The SMILES string of the molecule is C=C(N=Cc1nc(-c2c(Cl)cccc2Cl)n(C[C@@H]2CCCNC2)c1N)NCc1ccc(Cl)cc1F. The highest BCUT2D eigenvalue weighted by Crippen LogP contribution is 2.36. The number of anilines is 1. The van der Waals surface area contributed by atoms with Crippen molar-refractivity contribution < 1.29 is 4.39 Å². The molecule has 1 fully saturated rings. The molecule has 0 amide bonds. The van der Waals surface area contributed by atoms with Gasteiger partial charge in [0.15, 0.2) is 0 Å². The molecule has 4 rings (SSSR count). The van der Waals surface area contributed by atoms with Crippen molar-refractivity contribution in [2.75, 3.05) is 18.8 Å². The van der Waals surface area contributed by atoms with Gasteiger partial charge in [0.25, 0.3) is 0 Å². The van der Waals surface area contributed by atoms with Gasteiger partial charge in [-0.1, -0.05) is 53.5 Å². The van der Waals surface area contributed by atoms with E-state index in [0.29, 0.717) is 61.8 Å². The molecule has 0 unspecified atom stereocenters. The predicted octanol–water partition coefficient (Wildman–Crippen LogP) is 5.91. The average Bonchev–Trinajstić information content (AvgIpc) is 3.12. The number of aromatic nitrogens is 2. The summed E-state index contributed by atoms with van der Waals surface area (Å²) in [5.41, 5.74) is 8.08. The van der Waals surface area contributed by atoms with Gasteiger partial charge in [0, 0.05) is 23.7 Å². The molecule has 2 heterocycles. The fraction of sp³-hybridized carbons (Fsp3) is 0.280. The summed E-state index contributed by atoms with van der Waals surface area (Å²) in [5, 5.41) is 7.74. The van der Waals surface area contributed by atoms with E-state index < -0.39 is 5.82 Å². The molecule has 0 radical (unpaired) electrons. The minimum Gasteiger partial charge on any atom is -0.383 e. The smallest absolute Gasteiger partial charge is 0.145 e. The number of piperidine rings is 1. The van der Waals surface area contributed by atoms with Crippen LogP contribution in [-0.2, 0) is 13.1 Å². The predicted molar refractivity (Wildman–Crippen MR) is 143 cm³/mol. The molecule has 0 bridgehead atoms. The first-order valence-corrected chi connectivity index (χ1v) is 12.4. The molecule has 3 aromatic rings. The normalized spacial score (nSPS) is 16.1. The number of nitrogen functional groups attached to an aromatic ring is 1. The van der Waals surface area contributed by atoms with E-state index in [4.69, 9.17) is 45.5 Å². The third-order valence-corrected chi connectivity index (χ3v) is 6.77. The highest BCUT2D eigenvalue weighted by molar-refractivity contribution is 6.39. The second-order valence-corrected chi connectivity index (χ2v) is 9.67. The van der Waals surface area contributed by atoms with Crippen LogP contribution in [-0.4, -0.2) is 28.9 Å². The monoisotopic (exact) mass is 534 g/mol. The Morgan fingerprint density at radius 1 is 1.29 bits per heavy atom. The molecule has 10 heteroatoms. The summed E-state index contributed by atoms with van der Waals surface area (Å²) < 4.78 is 16.0. The van der Waals surface area contributed by atoms with Gasteiger partial charge in [0.1, 0.15) is 29.0 Å². The van der Waals surface area contributed by atoms with Crippen molar-refractivity contribution in [1.82, 2.24) is 20.2 Å². The summed E-state index contributed by atoms with van der Waals surface area (Å²) in [6.45, 7) is 6.69. The van der Waals surface area contributed by atoms with E-state index in [-0.39, 0.29) is 6.54 Å². The maximum atomic E-state index is 14.0. The Morgan fingerprint density at radius 3 is 2.74 bits per heavy atom. The Bertz CT molecular complexity index is 1230. The number of nitrogens with two attached hydrogens (primary N) is 1. The van der Waals surface area contributed by atoms with Crippen molar-refractivity contribution >= 4 is 46.8 Å². The number of aliphatic imine (C=N–C) groups is 1. The Morgan fingerprint density at radius 2 is 2.06 bits per heavy atom. The van der Waals surface area contributed by atoms with Crippen molar-refractivity contribution in [3.8, 4) is 11.4 Å². The number of benzene rings is 2. The van der Waals surface area contributed by atoms with Crippen LogP contribution in [0.1, 0.15) is 24.1 Å². The lowest BCUT2D eigenvalue weighted by Crippen LogP contribution is -2.32. The van der Waals surface area contributed by atoms with Crippen LogP contribution in [0, 0.1) is 11.7 Å². The van der Waals surface area contributed by atoms with Gasteiger partial charge in [0.05, 0.1) is 21.8 Å². The van der Waals surface area contributed by atoms with Gasteiger partial charge in [-0.3, -0.25) is 0 Å². The van der Waals surface area contributed by atoms with E-state index in [0.717, 1.165) is 25.9 Å². The molecule has 6 nitrogen and oxygen atoms in total. The minimum atomic E-state index is -0.400. The second-order valence-electron chi connectivity index (χ2n) is 8.42. The number of hydrogen-bond acceptors (Lipinski definition) is 5. The molecule has 1 atom stereocenters. The van der Waals surface area contributed by atoms with Crippen LogP contribution in [0.5, 0.6) is 0 Å². The van der Waals surface area contributed by atoms with Gasteiger partial charge in [-0.15, -0.1) is 0 Å². The zero-order valence-corrected chi connectivity index (χ0v) is 21.3. The lowest BCUT2D eigenvalue weighted by atomic mass is 9.99. The fourth-order valence-electron chi connectivity index (χ4n) is 4.05. The quantitative estimate of drug-likeness (QED) is 0.313. The van der Waals surface area contributed by atoms with E-state index in [1.807, 2.05) is 4.57 Å². The van der Waals surface area contributed by atoms with Crippen LogP contribution in [0.15, 0.2) is 53.8 Å². The first-order chi connectivity index (χ1) is 16.8. The fourth-order valence-corrected chi connectivity index (χ4v) is 4.78. The molecule has 0 saturated carbocycles. The minimum absolute atomic E-state index is 0.207. The summed E-state index contributed by atoms with van der Waals surface area (Å²) in [4.78, 5) is 9.08. The maximum Gasteiger partial charge on any atom is 0.145 e. The van der Waals surface area contributed by atoms with Gasteiger partial charge >= 0.3 is 0 Å². The van der Waals surface area contributed by atoms with Crippen LogP contribution < -0.4 is 16.4 Å². The number of nitrogens with zero attached hydrogens (tertiary/aromatic N) is 3. The molecule has 0 aliphatic carbocycles. The summed E-state index contributed by atoms with van der Waals surface area (Å²) in [7, 11) is 0. The van der Waals surface area contributed by atoms with Crippen molar-refractivity contribution in [2.24, 2.45) is 10.9 Å². The third kappa shape index (κ3) is 6.16. The molecule has 1 aromatic heterocycles. The highest BCUT2D eigenvalue weighted by atomic mass is 35.5. The summed E-state index contributed by atoms with van der Waals surface area (Å²) >= 11 is 18.8. The molecular weight excluding hydrogens is 510 g/mol. The van der Waals surface area contributed by atoms with Crippen molar-refractivity contribution in [3.05, 3.63) is 80.9 Å². The van der Waals surface area contributed by atoms with Crippen LogP contribution in [0.25, 0.3) is 11.4 Å². The van der Waals surface area contributed by atoms with Gasteiger partial charge in [-0.05, 0) is 56.1 Å². The number of rotatable bonds is 8. The maximum absolute atomic E-state index is 14.0. The van der Waals surface area contributed by atoms with E-state index in [2.05, 4.69) is 22.2 Å². The van der Waals surface area contributed by atoms with Crippen molar-refractivity contribution in [1.29, 1.82) is 0 Å². The number of imidazole rings is 1. The summed E-state index contributed by atoms with van der Waals surface area (Å²) in [6.07, 6.45) is 3.73. The van der Waals surface area contributed by atoms with Crippen LogP contribution in [0.4, 0.5) is 10.2 Å². The molecule has 184 valence electrons. The van der Waals surface area contributed by atoms with Crippen LogP contribution in [0.2, 0.25) is 15.1 Å². The standard InChI is InChI=1S/C25H26Cl3FN6/c1-15(32-12-17-7-8-18(26)10-21(17)29)33-13-22-24(30)35(14-16-4-3-9-31-11-16)25(34-22)23-19(27)5-2-6-20(23)28/h2,5-8,10,13,16,31-32H,1,3-4,9,11-12,14,30H2/t16-/m1/s1. The van der Waals surface area contributed by atoms with Gasteiger partial charge < -0.3 is 20.9 Å². The molecule has 2 aromatic carbocycles. The molecule has 4 N–H and O–H groups in total. The van der Waals surface area contributed by atoms with Crippen LogP contribution in [0.3, 0.4) is 0 Å². The van der Waals surface area contributed by atoms with Crippen molar-refractivity contribution in [2.45, 2.75) is 25.9 Å². The molecule has 1 aliphatic rings. The Kier molecular flexibility index (Phi) is 8.34. The average molecular weight is 536 g/mol.